The van der Waals surface area contributed by atoms with E-state index in [4.69, 9.17) is 0 Å². The Labute approximate surface area is 83.7 Å². The number of hydrogen-bond acceptors (Lipinski definition) is 1. The number of aromatic nitrogens is 1. The smallest absolute Gasteiger partial charge is 0.248 e. The molecule has 0 amide bonds. The van der Waals surface area contributed by atoms with Crippen LogP contribution in [0.5, 0.6) is 0 Å². The van der Waals surface area contributed by atoms with Gasteiger partial charge in [0.05, 0.1) is 0 Å². The first-order chi connectivity index (χ1) is 6.16. The highest BCUT2D eigenvalue weighted by molar-refractivity contribution is 9.10. The summed E-state index contributed by atoms with van der Waals surface area (Å²) in [6.45, 7) is 1.94. The Bertz CT molecular complexity index is 516. The van der Waals surface area contributed by atoms with Crippen molar-refractivity contribution >= 4 is 26.8 Å². The van der Waals surface area contributed by atoms with Gasteiger partial charge in [0.2, 0.25) is 5.56 Å². The predicted molar refractivity (Wildman–Crippen MR) is 57.0 cm³/mol. The second-order valence-corrected chi connectivity index (χ2v) is 3.92. The first-order valence-corrected chi connectivity index (χ1v) is 4.75. The number of H-pyrrole nitrogens is 1. The Morgan fingerprint density at radius 3 is 2.85 bits per heavy atom. The van der Waals surface area contributed by atoms with Gasteiger partial charge in [-0.15, -0.1) is 0 Å². The monoisotopic (exact) mass is 237 g/mol. The van der Waals surface area contributed by atoms with Gasteiger partial charge in [-0.1, -0.05) is 22.0 Å². The van der Waals surface area contributed by atoms with Crippen molar-refractivity contribution in [2.24, 2.45) is 0 Å². The van der Waals surface area contributed by atoms with Crippen molar-refractivity contribution in [3.63, 3.8) is 0 Å². The minimum atomic E-state index is -0.0527. The number of halogens is 1. The molecule has 0 aliphatic carbocycles. The number of aryl methyl sites for hydroxylation is 1. The summed E-state index contributed by atoms with van der Waals surface area (Å²) in [5, 5.41) is 1.09. The largest absolute Gasteiger partial charge is 0.322 e. The van der Waals surface area contributed by atoms with Gasteiger partial charge in [0.25, 0.3) is 0 Å². The van der Waals surface area contributed by atoms with Gasteiger partial charge >= 0.3 is 0 Å². The van der Waals surface area contributed by atoms with Crippen molar-refractivity contribution in [3.8, 4) is 0 Å². The number of nitrogens with one attached hydrogen (secondary N) is 1. The molecule has 1 aromatic carbocycles. The number of benzene rings is 1. The maximum atomic E-state index is 11.1. The van der Waals surface area contributed by atoms with Crippen LogP contribution in [0.1, 0.15) is 5.56 Å². The van der Waals surface area contributed by atoms with Crippen molar-refractivity contribution in [2.75, 3.05) is 0 Å². The summed E-state index contributed by atoms with van der Waals surface area (Å²) < 4.78 is 0.973. The van der Waals surface area contributed by atoms with E-state index in [2.05, 4.69) is 20.9 Å². The number of hydrogen-bond donors (Lipinski definition) is 1. The van der Waals surface area contributed by atoms with Gasteiger partial charge in [-0.2, -0.15) is 0 Å². The van der Waals surface area contributed by atoms with Crippen LogP contribution in [-0.2, 0) is 0 Å². The van der Waals surface area contributed by atoms with E-state index in [0.29, 0.717) is 0 Å². The van der Waals surface area contributed by atoms with Crippen molar-refractivity contribution in [1.29, 1.82) is 0 Å². The van der Waals surface area contributed by atoms with Crippen LogP contribution in [0.15, 0.2) is 33.5 Å². The number of fused-ring (bicyclic) bond motifs is 1. The molecule has 0 atom stereocenters. The average Bonchev–Trinajstić information content (AvgIpc) is 2.02. The van der Waals surface area contributed by atoms with E-state index in [-0.39, 0.29) is 5.56 Å². The van der Waals surface area contributed by atoms with Crippen LogP contribution >= 0.6 is 15.9 Å². The molecule has 0 radical (unpaired) electrons. The highest BCUT2D eigenvalue weighted by Crippen LogP contribution is 2.18. The first kappa shape index (κ1) is 8.51. The molecule has 2 rings (SSSR count). The lowest BCUT2D eigenvalue weighted by molar-refractivity contribution is 1.28. The second-order valence-electron chi connectivity index (χ2n) is 3.01. The Morgan fingerprint density at radius 1 is 1.31 bits per heavy atom. The molecule has 1 aromatic heterocycles. The number of rotatable bonds is 0. The zero-order valence-corrected chi connectivity index (χ0v) is 8.68. The fraction of sp³-hybridized carbons (Fsp3) is 0.100. The van der Waals surface area contributed by atoms with E-state index in [0.717, 1.165) is 20.9 Å². The zero-order chi connectivity index (χ0) is 9.42. The highest BCUT2D eigenvalue weighted by Gasteiger charge is 1.98. The molecule has 0 bridgehead atoms. The van der Waals surface area contributed by atoms with E-state index in [1.165, 1.54) is 0 Å². The standard InChI is InChI=1S/C10H8BrNO/c1-6-4-10(13)12-9-5-7(11)2-3-8(6)9/h2-5H,1H3,(H,12,13). The molecule has 1 heterocycles. The molecule has 0 unspecified atom stereocenters. The molecule has 0 spiro atoms. The van der Waals surface area contributed by atoms with Crippen LogP contribution < -0.4 is 5.56 Å². The maximum Gasteiger partial charge on any atom is 0.248 e. The molecule has 0 fully saturated rings. The van der Waals surface area contributed by atoms with E-state index in [1.807, 2.05) is 25.1 Å². The van der Waals surface area contributed by atoms with Crippen molar-refractivity contribution < 1.29 is 0 Å². The fourth-order valence-corrected chi connectivity index (χ4v) is 1.77. The van der Waals surface area contributed by atoms with Gasteiger partial charge in [-0.05, 0) is 24.6 Å². The van der Waals surface area contributed by atoms with Crippen LogP contribution in [-0.4, -0.2) is 4.98 Å². The van der Waals surface area contributed by atoms with Gasteiger partial charge in [0, 0.05) is 21.4 Å². The lowest BCUT2D eigenvalue weighted by Gasteiger charge is -2.00. The van der Waals surface area contributed by atoms with Crippen LogP contribution in [0.25, 0.3) is 10.9 Å². The van der Waals surface area contributed by atoms with Crippen LogP contribution in [0.3, 0.4) is 0 Å². The lowest BCUT2D eigenvalue weighted by Crippen LogP contribution is -2.04. The summed E-state index contributed by atoms with van der Waals surface area (Å²) in [5.41, 5.74) is 1.83. The van der Waals surface area contributed by atoms with Gasteiger partial charge in [-0.25, -0.2) is 0 Å². The number of aromatic amines is 1. The van der Waals surface area contributed by atoms with Crippen LogP contribution in [0.4, 0.5) is 0 Å². The van der Waals surface area contributed by atoms with Gasteiger partial charge in [-0.3, -0.25) is 4.79 Å². The molecule has 13 heavy (non-hydrogen) atoms. The Morgan fingerprint density at radius 2 is 2.08 bits per heavy atom. The lowest BCUT2D eigenvalue weighted by atomic mass is 10.1. The molecular formula is C10H8BrNO. The van der Waals surface area contributed by atoms with E-state index in [9.17, 15) is 4.79 Å². The molecule has 1 N–H and O–H groups in total. The Balaban J connectivity index is 2.94. The molecule has 2 nitrogen and oxygen atoms in total. The summed E-state index contributed by atoms with van der Waals surface area (Å²) in [6, 6.07) is 7.47. The maximum absolute atomic E-state index is 11.1. The van der Waals surface area contributed by atoms with Crippen molar-refractivity contribution in [3.05, 3.63) is 44.7 Å². The quantitative estimate of drug-likeness (QED) is 0.751. The summed E-state index contributed by atoms with van der Waals surface area (Å²) in [7, 11) is 0. The molecule has 0 saturated heterocycles. The summed E-state index contributed by atoms with van der Waals surface area (Å²) >= 11 is 3.36. The second kappa shape index (κ2) is 3.00. The topological polar surface area (TPSA) is 32.9 Å². The summed E-state index contributed by atoms with van der Waals surface area (Å²) in [6.07, 6.45) is 0. The third-order valence-electron chi connectivity index (χ3n) is 2.01. The SMILES string of the molecule is Cc1cc(=O)[nH]c2cc(Br)ccc12. The fourth-order valence-electron chi connectivity index (χ4n) is 1.41. The molecule has 66 valence electrons. The first-order valence-electron chi connectivity index (χ1n) is 3.96. The predicted octanol–water partition coefficient (Wildman–Crippen LogP) is 2.60. The summed E-state index contributed by atoms with van der Waals surface area (Å²) in [5.74, 6) is 0. The van der Waals surface area contributed by atoms with E-state index in [1.54, 1.807) is 6.07 Å². The van der Waals surface area contributed by atoms with Gasteiger partial charge < -0.3 is 4.98 Å². The van der Waals surface area contributed by atoms with Crippen molar-refractivity contribution in [1.82, 2.24) is 4.98 Å². The molecule has 0 saturated carbocycles. The van der Waals surface area contributed by atoms with Gasteiger partial charge in [0.15, 0.2) is 0 Å². The van der Waals surface area contributed by atoms with E-state index < -0.39 is 0 Å². The molecular weight excluding hydrogens is 230 g/mol. The molecule has 0 aliphatic heterocycles. The van der Waals surface area contributed by atoms with Crippen LogP contribution in [0.2, 0.25) is 0 Å². The van der Waals surface area contributed by atoms with Crippen LogP contribution in [0, 0.1) is 6.92 Å². The summed E-state index contributed by atoms with van der Waals surface area (Å²) in [4.78, 5) is 13.9. The highest BCUT2D eigenvalue weighted by atomic mass is 79.9. The third-order valence-corrected chi connectivity index (χ3v) is 2.51. The minimum absolute atomic E-state index is 0.0527. The average molecular weight is 238 g/mol. The normalized spacial score (nSPS) is 10.6. The molecule has 3 heteroatoms. The Kier molecular flexibility index (Phi) is 1.96. The van der Waals surface area contributed by atoms with E-state index >= 15 is 0 Å². The van der Waals surface area contributed by atoms with Crippen molar-refractivity contribution in [2.45, 2.75) is 6.92 Å². The number of pyridine rings is 1. The molecule has 2 aromatic rings. The Hall–Kier alpha value is -1.09. The molecule has 0 aliphatic rings. The third kappa shape index (κ3) is 1.52. The van der Waals surface area contributed by atoms with Gasteiger partial charge in [0.1, 0.15) is 0 Å². The minimum Gasteiger partial charge on any atom is -0.322 e. The zero-order valence-electron chi connectivity index (χ0n) is 7.10.